The van der Waals surface area contributed by atoms with Crippen molar-refractivity contribution in [1.82, 2.24) is 0 Å². The first-order valence-corrected chi connectivity index (χ1v) is 8.48. The molecular formula is C18H20N2OS. The summed E-state index contributed by atoms with van der Waals surface area (Å²) in [5.41, 5.74) is 7.89. The third-order valence-corrected chi connectivity index (χ3v) is 5.07. The molecule has 2 N–H and O–H groups in total. The van der Waals surface area contributed by atoms with Crippen molar-refractivity contribution in [2.75, 3.05) is 4.90 Å². The van der Waals surface area contributed by atoms with Crippen LogP contribution in [-0.4, -0.2) is 11.9 Å². The minimum Gasteiger partial charge on any atom is -0.368 e. The highest BCUT2D eigenvalue weighted by atomic mass is 32.2. The van der Waals surface area contributed by atoms with Crippen molar-refractivity contribution in [3.63, 3.8) is 0 Å². The molecule has 1 aliphatic rings. The Morgan fingerprint density at radius 2 is 1.64 bits per heavy atom. The number of nitrogens with two attached hydrogens (primary N) is 1. The molecule has 0 spiro atoms. The van der Waals surface area contributed by atoms with Gasteiger partial charge in [-0.1, -0.05) is 55.8 Å². The fourth-order valence-corrected chi connectivity index (χ4v) is 3.94. The Balaban J connectivity index is 2.10. The lowest BCUT2D eigenvalue weighted by atomic mass is 10.0. The summed E-state index contributed by atoms with van der Waals surface area (Å²) in [4.78, 5) is 16.6. The van der Waals surface area contributed by atoms with Gasteiger partial charge in [-0.25, -0.2) is 0 Å². The lowest BCUT2D eigenvalue weighted by Gasteiger charge is -2.37. The van der Waals surface area contributed by atoms with E-state index >= 15 is 0 Å². The largest absolute Gasteiger partial charge is 0.368 e. The standard InChI is InChI=1S/C18H20N2OS/c1-2-3-8-15(18(19)21)20-13-9-4-6-11-16(13)22-17-12-7-5-10-14(17)20/h4-7,9-12,15H,2-3,8H2,1H3,(H2,19,21). The molecule has 2 aromatic rings. The van der Waals surface area contributed by atoms with Gasteiger partial charge in [0.15, 0.2) is 0 Å². The summed E-state index contributed by atoms with van der Waals surface area (Å²) in [6, 6.07) is 16.1. The van der Waals surface area contributed by atoms with E-state index in [9.17, 15) is 4.79 Å². The SMILES string of the molecule is CCCCC(C(N)=O)N1c2ccccc2Sc2ccccc21. The van der Waals surface area contributed by atoms with Crippen molar-refractivity contribution in [3.8, 4) is 0 Å². The van der Waals surface area contributed by atoms with Crippen LogP contribution in [0.15, 0.2) is 58.3 Å². The first-order chi connectivity index (χ1) is 10.7. The molecule has 4 heteroatoms. The Labute approximate surface area is 135 Å². The average molecular weight is 312 g/mol. The topological polar surface area (TPSA) is 46.3 Å². The van der Waals surface area contributed by atoms with Gasteiger partial charge in [0.1, 0.15) is 6.04 Å². The molecule has 0 bridgehead atoms. The zero-order valence-electron chi connectivity index (χ0n) is 12.7. The van der Waals surface area contributed by atoms with Crippen molar-refractivity contribution in [2.24, 2.45) is 5.73 Å². The van der Waals surface area contributed by atoms with Gasteiger partial charge < -0.3 is 10.6 Å². The van der Waals surface area contributed by atoms with Gasteiger partial charge >= 0.3 is 0 Å². The van der Waals surface area contributed by atoms with E-state index in [0.29, 0.717) is 0 Å². The van der Waals surface area contributed by atoms with Gasteiger partial charge in [0, 0.05) is 9.79 Å². The molecule has 0 aromatic heterocycles. The fraction of sp³-hybridized carbons (Fsp3) is 0.278. The van der Waals surface area contributed by atoms with Gasteiger partial charge in [-0.3, -0.25) is 4.79 Å². The molecule has 2 aromatic carbocycles. The molecule has 3 nitrogen and oxygen atoms in total. The molecule has 1 amide bonds. The molecule has 0 fully saturated rings. The molecule has 1 atom stereocenters. The van der Waals surface area contributed by atoms with Crippen LogP contribution in [-0.2, 0) is 4.79 Å². The zero-order chi connectivity index (χ0) is 15.5. The van der Waals surface area contributed by atoms with Gasteiger partial charge in [0.05, 0.1) is 11.4 Å². The second-order valence-corrected chi connectivity index (χ2v) is 6.55. The molecule has 0 aliphatic carbocycles. The number of primary amides is 1. The number of carbonyl (C=O) groups is 1. The summed E-state index contributed by atoms with van der Waals surface area (Å²) >= 11 is 1.75. The average Bonchev–Trinajstić information content (AvgIpc) is 2.54. The molecule has 1 unspecified atom stereocenters. The number of para-hydroxylation sites is 2. The number of benzene rings is 2. The predicted octanol–water partition coefficient (Wildman–Crippen LogP) is 4.33. The molecule has 114 valence electrons. The van der Waals surface area contributed by atoms with Crippen molar-refractivity contribution in [3.05, 3.63) is 48.5 Å². The second-order valence-electron chi connectivity index (χ2n) is 5.47. The van der Waals surface area contributed by atoms with Crippen LogP contribution in [0.3, 0.4) is 0 Å². The minimum atomic E-state index is -0.303. The second kappa shape index (κ2) is 6.44. The smallest absolute Gasteiger partial charge is 0.240 e. The monoisotopic (exact) mass is 312 g/mol. The molecule has 3 rings (SSSR count). The van der Waals surface area contributed by atoms with E-state index in [2.05, 4.69) is 36.1 Å². The van der Waals surface area contributed by atoms with Gasteiger partial charge in [0.2, 0.25) is 5.91 Å². The van der Waals surface area contributed by atoms with Gasteiger partial charge in [-0.15, -0.1) is 0 Å². The van der Waals surface area contributed by atoms with Crippen LogP contribution in [0.1, 0.15) is 26.2 Å². The Morgan fingerprint density at radius 3 is 2.14 bits per heavy atom. The van der Waals surface area contributed by atoms with Crippen LogP contribution in [0.5, 0.6) is 0 Å². The molecule has 0 radical (unpaired) electrons. The Kier molecular flexibility index (Phi) is 4.39. The highest BCUT2D eigenvalue weighted by Gasteiger charge is 2.31. The Bertz CT molecular complexity index is 641. The number of rotatable bonds is 5. The van der Waals surface area contributed by atoms with Crippen molar-refractivity contribution in [2.45, 2.75) is 42.0 Å². The summed E-state index contributed by atoms with van der Waals surface area (Å²) in [5, 5.41) is 0. The summed E-state index contributed by atoms with van der Waals surface area (Å²) in [5.74, 6) is -0.259. The Morgan fingerprint density at radius 1 is 1.09 bits per heavy atom. The van der Waals surface area contributed by atoms with E-state index < -0.39 is 0 Å². The summed E-state index contributed by atoms with van der Waals surface area (Å²) in [7, 11) is 0. The van der Waals surface area contributed by atoms with Crippen molar-refractivity contribution in [1.29, 1.82) is 0 Å². The molecule has 0 saturated heterocycles. The number of carbonyl (C=O) groups excluding carboxylic acids is 1. The molecule has 1 aliphatic heterocycles. The Hall–Kier alpha value is -1.94. The van der Waals surface area contributed by atoms with E-state index in [1.54, 1.807) is 11.8 Å². The first kappa shape index (κ1) is 15.0. The third kappa shape index (κ3) is 2.71. The lowest BCUT2D eigenvalue weighted by molar-refractivity contribution is -0.119. The maximum atomic E-state index is 12.1. The molecule has 1 heterocycles. The summed E-state index contributed by atoms with van der Waals surface area (Å²) < 4.78 is 0. The van der Waals surface area contributed by atoms with Crippen molar-refractivity contribution < 1.29 is 4.79 Å². The van der Waals surface area contributed by atoms with E-state index in [4.69, 9.17) is 5.73 Å². The first-order valence-electron chi connectivity index (χ1n) is 7.67. The lowest BCUT2D eigenvalue weighted by Crippen LogP contribution is -2.43. The maximum Gasteiger partial charge on any atom is 0.240 e. The molecule has 0 saturated carbocycles. The summed E-state index contributed by atoms with van der Waals surface area (Å²) in [6.45, 7) is 2.13. The van der Waals surface area contributed by atoms with E-state index in [1.165, 1.54) is 9.79 Å². The number of nitrogens with zero attached hydrogens (tertiary/aromatic N) is 1. The van der Waals surface area contributed by atoms with Crippen LogP contribution in [0.2, 0.25) is 0 Å². The van der Waals surface area contributed by atoms with Crippen LogP contribution in [0.25, 0.3) is 0 Å². The number of unbranched alkanes of at least 4 members (excludes halogenated alkanes) is 1. The highest BCUT2D eigenvalue weighted by molar-refractivity contribution is 7.99. The summed E-state index contributed by atoms with van der Waals surface area (Å²) in [6.07, 6.45) is 2.82. The van der Waals surface area contributed by atoms with Gasteiger partial charge in [-0.2, -0.15) is 0 Å². The van der Waals surface area contributed by atoms with Crippen LogP contribution in [0.4, 0.5) is 11.4 Å². The number of hydrogen-bond donors (Lipinski definition) is 1. The predicted molar refractivity (Wildman–Crippen MR) is 91.7 cm³/mol. The van der Waals surface area contributed by atoms with E-state index in [-0.39, 0.29) is 11.9 Å². The molecular weight excluding hydrogens is 292 g/mol. The number of amides is 1. The highest BCUT2D eigenvalue weighted by Crippen LogP contribution is 2.49. The zero-order valence-corrected chi connectivity index (χ0v) is 13.5. The number of hydrogen-bond acceptors (Lipinski definition) is 3. The molecule has 22 heavy (non-hydrogen) atoms. The minimum absolute atomic E-state index is 0.259. The third-order valence-electron chi connectivity index (χ3n) is 3.94. The fourth-order valence-electron chi connectivity index (χ4n) is 2.87. The normalized spacial score (nSPS) is 14.1. The van der Waals surface area contributed by atoms with Crippen LogP contribution in [0, 0.1) is 0 Å². The quantitative estimate of drug-likeness (QED) is 0.893. The van der Waals surface area contributed by atoms with Gasteiger partial charge in [-0.05, 0) is 30.7 Å². The van der Waals surface area contributed by atoms with Gasteiger partial charge in [0.25, 0.3) is 0 Å². The van der Waals surface area contributed by atoms with E-state index in [0.717, 1.165) is 30.6 Å². The van der Waals surface area contributed by atoms with Crippen LogP contribution >= 0.6 is 11.8 Å². The maximum absolute atomic E-state index is 12.1. The number of fused-ring (bicyclic) bond motifs is 2. The van der Waals surface area contributed by atoms with E-state index in [1.807, 2.05) is 24.3 Å². The van der Waals surface area contributed by atoms with Crippen LogP contribution < -0.4 is 10.6 Å². The number of anilines is 2. The van der Waals surface area contributed by atoms with Crippen molar-refractivity contribution >= 4 is 29.0 Å².